The number of amides is 1. The van der Waals surface area contributed by atoms with Crippen LogP contribution in [-0.2, 0) is 0 Å². The normalized spacial score (nSPS) is 12.1. The number of carbonyl (C=O) groups is 1. The first-order valence-electron chi connectivity index (χ1n) is 7.20. The minimum Gasteiger partial charge on any atom is -0.334 e. The molecule has 0 aliphatic carbocycles. The van der Waals surface area contributed by atoms with Crippen molar-refractivity contribution in [2.45, 2.75) is 13.0 Å². The molecule has 0 spiro atoms. The van der Waals surface area contributed by atoms with Gasteiger partial charge in [-0.25, -0.2) is 4.98 Å². The molecular formula is C18H17N3O. The van der Waals surface area contributed by atoms with E-state index in [9.17, 15) is 4.79 Å². The van der Waals surface area contributed by atoms with Crippen LogP contribution in [0.4, 0.5) is 0 Å². The Kier molecular flexibility index (Phi) is 3.83. The Morgan fingerprint density at radius 1 is 1.00 bits per heavy atom. The van der Waals surface area contributed by atoms with Crippen molar-refractivity contribution in [1.82, 2.24) is 14.9 Å². The molecule has 3 aromatic rings. The number of fused-ring (bicyclic) bond motifs is 1. The van der Waals surface area contributed by atoms with E-state index in [-0.39, 0.29) is 11.9 Å². The highest BCUT2D eigenvalue weighted by Crippen LogP contribution is 2.20. The monoisotopic (exact) mass is 291 g/mol. The average molecular weight is 291 g/mol. The maximum atomic E-state index is 12.6. The molecule has 0 unspecified atom stereocenters. The van der Waals surface area contributed by atoms with E-state index in [1.807, 2.05) is 61.5 Å². The fraction of sp³-hybridized carbons (Fsp3) is 0.167. The Bertz CT molecular complexity index is 802. The Hall–Kier alpha value is -2.75. The zero-order valence-electron chi connectivity index (χ0n) is 12.6. The number of benzene rings is 2. The number of aromatic nitrogens is 2. The zero-order chi connectivity index (χ0) is 15.5. The van der Waals surface area contributed by atoms with E-state index in [0.29, 0.717) is 5.69 Å². The van der Waals surface area contributed by atoms with Gasteiger partial charge in [0.05, 0.1) is 23.3 Å². The molecule has 0 saturated carbocycles. The van der Waals surface area contributed by atoms with Crippen LogP contribution in [0.25, 0.3) is 11.0 Å². The third-order valence-corrected chi connectivity index (χ3v) is 3.85. The lowest BCUT2D eigenvalue weighted by atomic mass is 10.1. The van der Waals surface area contributed by atoms with E-state index >= 15 is 0 Å². The molecule has 0 fully saturated rings. The summed E-state index contributed by atoms with van der Waals surface area (Å²) < 4.78 is 0. The standard InChI is InChI=1S/C18H17N3O/c1-13(14-8-4-3-5-9-14)21(2)18(22)17-12-19-15-10-6-7-11-16(15)20-17/h3-13H,1-2H3/t13-/m1/s1. The summed E-state index contributed by atoms with van der Waals surface area (Å²) in [6.45, 7) is 2.00. The minimum absolute atomic E-state index is 0.0260. The fourth-order valence-electron chi connectivity index (χ4n) is 2.37. The highest BCUT2D eigenvalue weighted by Gasteiger charge is 2.20. The molecule has 1 aromatic heterocycles. The average Bonchev–Trinajstić information content (AvgIpc) is 2.60. The Morgan fingerprint density at radius 2 is 1.64 bits per heavy atom. The Balaban J connectivity index is 1.88. The van der Waals surface area contributed by atoms with E-state index < -0.39 is 0 Å². The van der Waals surface area contributed by atoms with Gasteiger partial charge < -0.3 is 4.90 Å². The molecule has 4 nitrogen and oxygen atoms in total. The van der Waals surface area contributed by atoms with Crippen molar-refractivity contribution >= 4 is 16.9 Å². The Morgan fingerprint density at radius 3 is 2.36 bits per heavy atom. The van der Waals surface area contributed by atoms with Crippen LogP contribution < -0.4 is 0 Å². The largest absolute Gasteiger partial charge is 0.334 e. The highest BCUT2D eigenvalue weighted by atomic mass is 16.2. The number of hydrogen-bond donors (Lipinski definition) is 0. The molecule has 110 valence electrons. The summed E-state index contributed by atoms with van der Waals surface area (Å²) in [5, 5.41) is 0. The number of carbonyl (C=O) groups excluding carboxylic acids is 1. The van der Waals surface area contributed by atoms with Gasteiger partial charge in [-0.05, 0) is 24.6 Å². The van der Waals surface area contributed by atoms with Crippen molar-refractivity contribution in [3.8, 4) is 0 Å². The van der Waals surface area contributed by atoms with Crippen molar-refractivity contribution in [3.05, 3.63) is 72.1 Å². The summed E-state index contributed by atoms with van der Waals surface area (Å²) in [6.07, 6.45) is 1.54. The maximum absolute atomic E-state index is 12.6. The molecule has 1 atom stereocenters. The number of nitrogens with zero attached hydrogens (tertiary/aromatic N) is 3. The molecule has 0 N–H and O–H groups in total. The third kappa shape index (κ3) is 2.68. The quantitative estimate of drug-likeness (QED) is 0.742. The second kappa shape index (κ2) is 5.93. The molecule has 1 heterocycles. The summed E-state index contributed by atoms with van der Waals surface area (Å²) in [5.41, 5.74) is 2.98. The van der Waals surface area contributed by atoms with Crippen molar-refractivity contribution in [1.29, 1.82) is 0 Å². The summed E-state index contributed by atoms with van der Waals surface area (Å²) in [6, 6.07) is 17.5. The second-order valence-electron chi connectivity index (χ2n) is 5.25. The van der Waals surface area contributed by atoms with Crippen LogP contribution in [-0.4, -0.2) is 27.8 Å². The van der Waals surface area contributed by atoms with Crippen molar-refractivity contribution in [2.75, 3.05) is 7.05 Å². The predicted octanol–water partition coefficient (Wildman–Crippen LogP) is 3.46. The van der Waals surface area contributed by atoms with E-state index in [1.165, 1.54) is 0 Å². The van der Waals surface area contributed by atoms with Crippen LogP contribution in [0.3, 0.4) is 0 Å². The van der Waals surface area contributed by atoms with Gasteiger partial charge in [0.1, 0.15) is 5.69 Å². The fourth-order valence-corrected chi connectivity index (χ4v) is 2.37. The summed E-state index contributed by atoms with van der Waals surface area (Å²) >= 11 is 0. The molecular weight excluding hydrogens is 274 g/mol. The van der Waals surface area contributed by atoms with E-state index in [1.54, 1.807) is 18.1 Å². The topological polar surface area (TPSA) is 46.1 Å². The van der Waals surface area contributed by atoms with Crippen LogP contribution in [0.2, 0.25) is 0 Å². The van der Waals surface area contributed by atoms with Gasteiger partial charge in [0, 0.05) is 7.05 Å². The van der Waals surface area contributed by atoms with Gasteiger partial charge in [0.15, 0.2) is 0 Å². The maximum Gasteiger partial charge on any atom is 0.274 e. The smallest absolute Gasteiger partial charge is 0.274 e. The first-order valence-corrected chi connectivity index (χ1v) is 7.20. The molecule has 22 heavy (non-hydrogen) atoms. The van der Waals surface area contributed by atoms with Crippen molar-refractivity contribution < 1.29 is 4.79 Å². The molecule has 0 aliphatic heterocycles. The highest BCUT2D eigenvalue weighted by molar-refractivity contribution is 5.93. The van der Waals surface area contributed by atoms with Crippen LogP contribution in [0, 0.1) is 0 Å². The van der Waals surface area contributed by atoms with Crippen molar-refractivity contribution in [3.63, 3.8) is 0 Å². The lowest BCUT2D eigenvalue weighted by Gasteiger charge is -2.25. The molecule has 0 aliphatic rings. The predicted molar refractivity (Wildman–Crippen MR) is 86.5 cm³/mol. The zero-order valence-corrected chi connectivity index (χ0v) is 12.6. The summed E-state index contributed by atoms with van der Waals surface area (Å²) in [7, 11) is 1.79. The van der Waals surface area contributed by atoms with Gasteiger partial charge in [-0.3, -0.25) is 9.78 Å². The van der Waals surface area contributed by atoms with Crippen LogP contribution >= 0.6 is 0 Å². The van der Waals surface area contributed by atoms with Crippen LogP contribution in [0.15, 0.2) is 60.8 Å². The van der Waals surface area contributed by atoms with E-state index in [2.05, 4.69) is 9.97 Å². The number of hydrogen-bond acceptors (Lipinski definition) is 3. The molecule has 0 saturated heterocycles. The Labute approximate surface area is 129 Å². The lowest BCUT2D eigenvalue weighted by molar-refractivity contribution is 0.0736. The van der Waals surface area contributed by atoms with Gasteiger partial charge in [0.2, 0.25) is 0 Å². The molecule has 0 bridgehead atoms. The number of rotatable bonds is 3. The van der Waals surface area contributed by atoms with Gasteiger partial charge in [-0.2, -0.15) is 0 Å². The SMILES string of the molecule is C[C@H](c1ccccc1)N(C)C(=O)c1cnc2ccccc2n1. The minimum atomic E-state index is -0.130. The first kappa shape index (κ1) is 14.2. The first-order chi connectivity index (χ1) is 10.7. The van der Waals surface area contributed by atoms with E-state index in [0.717, 1.165) is 16.6 Å². The molecule has 4 heteroatoms. The molecule has 2 aromatic carbocycles. The van der Waals surface area contributed by atoms with Gasteiger partial charge >= 0.3 is 0 Å². The molecule has 0 radical (unpaired) electrons. The van der Waals surface area contributed by atoms with Crippen LogP contribution in [0.1, 0.15) is 29.0 Å². The molecule has 1 amide bonds. The lowest BCUT2D eigenvalue weighted by Crippen LogP contribution is -2.30. The third-order valence-electron chi connectivity index (χ3n) is 3.85. The van der Waals surface area contributed by atoms with Gasteiger partial charge in [0.25, 0.3) is 5.91 Å². The van der Waals surface area contributed by atoms with Crippen molar-refractivity contribution in [2.24, 2.45) is 0 Å². The number of para-hydroxylation sites is 2. The summed E-state index contributed by atoms with van der Waals surface area (Å²) in [4.78, 5) is 23.0. The second-order valence-corrected chi connectivity index (χ2v) is 5.25. The van der Waals surface area contributed by atoms with Gasteiger partial charge in [-0.15, -0.1) is 0 Å². The summed E-state index contributed by atoms with van der Waals surface area (Å²) in [5.74, 6) is -0.130. The van der Waals surface area contributed by atoms with E-state index in [4.69, 9.17) is 0 Å². The van der Waals surface area contributed by atoms with Crippen LogP contribution in [0.5, 0.6) is 0 Å². The van der Waals surface area contributed by atoms with Gasteiger partial charge in [-0.1, -0.05) is 42.5 Å². The molecule has 3 rings (SSSR count).